The van der Waals surface area contributed by atoms with Crippen molar-refractivity contribution in [3.05, 3.63) is 28.5 Å². The highest BCUT2D eigenvalue weighted by atomic mass is 79.9. The number of halogens is 4. The van der Waals surface area contributed by atoms with E-state index in [0.29, 0.717) is 11.3 Å². The molecule has 0 amide bonds. The van der Waals surface area contributed by atoms with Crippen molar-refractivity contribution in [1.82, 2.24) is 9.97 Å². The minimum absolute atomic E-state index is 0.189. The number of benzene rings is 1. The maximum absolute atomic E-state index is 11.9. The van der Waals surface area contributed by atoms with Crippen LogP contribution in [0, 0.1) is 0 Å². The van der Waals surface area contributed by atoms with E-state index in [1.54, 1.807) is 12.1 Å². The number of alkyl halides is 3. The van der Waals surface area contributed by atoms with E-state index in [4.69, 9.17) is 0 Å². The van der Waals surface area contributed by atoms with E-state index in [2.05, 4.69) is 30.6 Å². The zero-order chi connectivity index (χ0) is 12.5. The second kappa shape index (κ2) is 4.66. The molecule has 0 radical (unpaired) electrons. The van der Waals surface area contributed by atoms with E-state index >= 15 is 0 Å². The Morgan fingerprint density at radius 2 is 2.12 bits per heavy atom. The van der Waals surface area contributed by atoms with Crippen LogP contribution >= 0.6 is 15.9 Å². The van der Waals surface area contributed by atoms with Gasteiger partial charge in [-0.25, -0.2) is 4.98 Å². The van der Waals surface area contributed by atoms with Gasteiger partial charge < -0.3 is 9.72 Å². The number of nitrogens with one attached hydrogen (secondary N) is 1. The summed E-state index contributed by atoms with van der Waals surface area (Å²) in [5.74, 6) is 0.377. The summed E-state index contributed by atoms with van der Waals surface area (Å²) in [6, 6.07) is 5.38. The predicted molar refractivity (Wildman–Crippen MR) is 59.5 cm³/mol. The van der Waals surface area contributed by atoms with Crippen molar-refractivity contribution in [2.24, 2.45) is 0 Å². The number of rotatable bonds is 3. The van der Waals surface area contributed by atoms with Gasteiger partial charge in [0.2, 0.25) is 0 Å². The number of aromatic amines is 1. The number of hydrogen-bond acceptors (Lipinski definition) is 2. The first kappa shape index (κ1) is 12.4. The van der Waals surface area contributed by atoms with Crippen molar-refractivity contribution in [3.8, 4) is 0 Å². The first-order valence-corrected chi connectivity index (χ1v) is 5.52. The van der Waals surface area contributed by atoms with Crippen LogP contribution in [-0.4, -0.2) is 22.8 Å². The molecule has 0 unspecified atom stereocenters. The molecule has 2 aromatic rings. The third-order valence-corrected chi connectivity index (χ3v) is 2.49. The number of H-pyrrole nitrogens is 1. The van der Waals surface area contributed by atoms with Crippen LogP contribution in [-0.2, 0) is 11.3 Å². The van der Waals surface area contributed by atoms with E-state index in [-0.39, 0.29) is 6.61 Å². The second-order valence-electron chi connectivity index (χ2n) is 3.45. The number of aromatic nitrogens is 2. The van der Waals surface area contributed by atoms with Crippen molar-refractivity contribution in [2.75, 3.05) is 6.61 Å². The molecule has 0 fully saturated rings. The number of imidazole rings is 1. The van der Waals surface area contributed by atoms with Gasteiger partial charge >= 0.3 is 6.18 Å². The Morgan fingerprint density at radius 3 is 2.82 bits per heavy atom. The standard InChI is InChI=1S/C10H8BrF3N2O/c11-6-1-2-7-8(3-6)16-9(15-7)4-17-5-10(12,13)14/h1-3H,4-5H2,(H,15,16). The lowest BCUT2D eigenvalue weighted by Crippen LogP contribution is -2.16. The van der Waals surface area contributed by atoms with Gasteiger partial charge in [0, 0.05) is 4.47 Å². The maximum atomic E-state index is 11.9. The predicted octanol–water partition coefficient (Wildman–Crippen LogP) is 3.40. The van der Waals surface area contributed by atoms with Gasteiger partial charge in [-0.3, -0.25) is 0 Å². The van der Waals surface area contributed by atoms with Gasteiger partial charge in [0.25, 0.3) is 0 Å². The van der Waals surface area contributed by atoms with E-state index in [9.17, 15) is 13.2 Å². The van der Waals surface area contributed by atoms with Crippen LogP contribution in [0.4, 0.5) is 13.2 Å². The topological polar surface area (TPSA) is 37.9 Å². The van der Waals surface area contributed by atoms with Crippen LogP contribution in [0.1, 0.15) is 5.82 Å². The van der Waals surface area contributed by atoms with Crippen LogP contribution in [0.25, 0.3) is 11.0 Å². The zero-order valence-electron chi connectivity index (χ0n) is 8.51. The number of ether oxygens (including phenoxy) is 1. The summed E-state index contributed by atoms with van der Waals surface area (Å²) in [6.45, 7) is -1.46. The van der Waals surface area contributed by atoms with Crippen LogP contribution in [0.5, 0.6) is 0 Å². The first-order chi connectivity index (χ1) is 7.94. The molecule has 1 aromatic heterocycles. The summed E-state index contributed by atoms with van der Waals surface area (Å²) >= 11 is 3.29. The van der Waals surface area contributed by atoms with Gasteiger partial charge in [-0.05, 0) is 18.2 Å². The molecule has 3 nitrogen and oxygen atoms in total. The van der Waals surface area contributed by atoms with Gasteiger partial charge in [-0.2, -0.15) is 13.2 Å². The molecule has 0 aliphatic heterocycles. The fraction of sp³-hybridized carbons (Fsp3) is 0.300. The van der Waals surface area contributed by atoms with Crippen LogP contribution < -0.4 is 0 Å². The molecule has 0 saturated heterocycles. The molecule has 17 heavy (non-hydrogen) atoms. The third kappa shape index (κ3) is 3.44. The molecule has 1 heterocycles. The summed E-state index contributed by atoms with van der Waals surface area (Å²) in [6.07, 6.45) is -4.31. The average Bonchev–Trinajstić information content (AvgIpc) is 2.57. The molecule has 0 aliphatic carbocycles. The van der Waals surface area contributed by atoms with E-state index in [1.807, 2.05) is 6.07 Å². The van der Waals surface area contributed by atoms with Crippen molar-refractivity contribution >= 4 is 27.0 Å². The van der Waals surface area contributed by atoms with Gasteiger partial charge in [-0.15, -0.1) is 0 Å². The summed E-state index contributed by atoms with van der Waals surface area (Å²) in [7, 11) is 0. The van der Waals surface area contributed by atoms with Gasteiger partial charge in [0.05, 0.1) is 11.0 Å². The Bertz CT molecular complexity index is 524. The minimum atomic E-state index is -4.31. The monoisotopic (exact) mass is 308 g/mol. The van der Waals surface area contributed by atoms with Crippen molar-refractivity contribution in [3.63, 3.8) is 0 Å². The third-order valence-electron chi connectivity index (χ3n) is 2.00. The smallest absolute Gasteiger partial charge is 0.364 e. The second-order valence-corrected chi connectivity index (χ2v) is 4.37. The molecule has 0 spiro atoms. The highest BCUT2D eigenvalue weighted by molar-refractivity contribution is 9.10. The van der Waals surface area contributed by atoms with Gasteiger partial charge in [-0.1, -0.05) is 15.9 Å². The van der Waals surface area contributed by atoms with E-state index in [0.717, 1.165) is 9.99 Å². The number of hydrogen-bond donors (Lipinski definition) is 1. The number of fused-ring (bicyclic) bond motifs is 1. The Kier molecular flexibility index (Phi) is 3.39. The fourth-order valence-corrected chi connectivity index (χ4v) is 1.73. The SMILES string of the molecule is FC(F)(F)COCc1nc2ccc(Br)cc2[nH]1. The molecular weight excluding hydrogens is 301 g/mol. The Balaban J connectivity index is 2.05. The summed E-state index contributed by atoms with van der Waals surface area (Å²) in [5, 5.41) is 0. The quantitative estimate of drug-likeness (QED) is 0.943. The van der Waals surface area contributed by atoms with Crippen LogP contribution in [0.3, 0.4) is 0 Å². The molecule has 0 bridgehead atoms. The lowest BCUT2D eigenvalue weighted by atomic mass is 10.3. The molecule has 7 heteroatoms. The van der Waals surface area contributed by atoms with E-state index < -0.39 is 12.8 Å². The lowest BCUT2D eigenvalue weighted by molar-refractivity contribution is -0.177. The molecule has 1 N–H and O–H groups in total. The van der Waals surface area contributed by atoms with Crippen molar-refractivity contribution in [2.45, 2.75) is 12.8 Å². The molecule has 0 atom stereocenters. The Labute approximate surface area is 103 Å². The van der Waals surface area contributed by atoms with Gasteiger partial charge in [0.15, 0.2) is 0 Å². The Morgan fingerprint density at radius 1 is 1.35 bits per heavy atom. The molecule has 2 rings (SSSR count). The number of nitrogens with zero attached hydrogens (tertiary/aromatic N) is 1. The van der Waals surface area contributed by atoms with E-state index in [1.165, 1.54) is 0 Å². The largest absolute Gasteiger partial charge is 0.411 e. The van der Waals surface area contributed by atoms with Gasteiger partial charge in [0.1, 0.15) is 19.0 Å². The summed E-state index contributed by atoms with van der Waals surface area (Å²) in [4.78, 5) is 6.99. The molecular formula is C10H8BrF3N2O. The maximum Gasteiger partial charge on any atom is 0.411 e. The molecule has 92 valence electrons. The fourth-order valence-electron chi connectivity index (χ4n) is 1.37. The highest BCUT2D eigenvalue weighted by Crippen LogP contribution is 2.19. The van der Waals surface area contributed by atoms with Crippen LogP contribution in [0.2, 0.25) is 0 Å². The highest BCUT2D eigenvalue weighted by Gasteiger charge is 2.27. The van der Waals surface area contributed by atoms with Crippen molar-refractivity contribution < 1.29 is 17.9 Å². The minimum Gasteiger partial charge on any atom is -0.364 e. The van der Waals surface area contributed by atoms with Crippen molar-refractivity contribution in [1.29, 1.82) is 0 Å². The summed E-state index contributed by atoms with van der Waals surface area (Å²) < 4.78 is 40.9. The first-order valence-electron chi connectivity index (χ1n) is 4.73. The normalized spacial score (nSPS) is 12.2. The molecule has 0 aliphatic rings. The Hall–Kier alpha value is -1.08. The molecule has 0 saturated carbocycles. The molecule has 1 aromatic carbocycles. The average molecular weight is 309 g/mol. The van der Waals surface area contributed by atoms with Crippen LogP contribution in [0.15, 0.2) is 22.7 Å². The summed E-state index contributed by atoms with van der Waals surface area (Å²) in [5.41, 5.74) is 1.45. The lowest BCUT2D eigenvalue weighted by Gasteiger charge is -2.05. The zero-order valence-corrected chi connectivity index (χ0v) is 10.1.